The highest BCUT2D eigenvalue weighted by Crippen LogP contribution is 2.33. The van der Waals surface area contributed by atoms with E-state index in [4.69, 9.17) is 14.6 Å². The van der Waals surface area contributed by atoms with Gasteiger partial charge >= 0.3 is 5.97 Å². The van der Waals surface area contributed by atoms with E-state index in [1.54, 1.807) is 14.2 Å². The van der Waals surface area contributed by atoms with Crippen LogP contribution < -0.4 is 9.47 Å². The van der Waals surface area contributed by atoms with Gasteiger partial charge in [0.2, 0.25) is 0 Å². The van der Waals surface area contributed by atoms with E-state index in [0.29, 0.717) is 30.5 Å². The first kappa shape index (κ1) is 17.8. The van der Waals surface area contributed by atoms with Gasteiger partial charge in [-0.05, 0) is 23.6 Å². The standard InChI is InChI=1S/C15H22BrNO4/c1-10(2)7-17(9-15(18)19)8-11-5-13(20-3)14(21-4)6-12(11)16/h5-6,10H,7-9H2,1-4H3,(H,18,19). The lowest BCUT2D eigenvalue weighted by molar-refractivity contribution is -0.138. The zero-order valence-electron chi connectivity index (χ0n) is 12.9. The molecule has 0 heterocycles. The zero-order valence-corrected chi connectivity index (χ0v) is 14.4. The van der Waals surface area contributed by atoms with Crippen LogP contribution in [0, 0.1) is 5.92 Å². The Kier molecular flexibility index (Phi) is 6.98. The number of hydrogen-bond donors (Lipinski definition) is 1. The normalized spacial score (nSPS) is 11.0. The van der Waals surface area contributed by atoms with Gasteiger partial charge in [0.05, 0.1) is 20.8 Å². The summed E-state index contributed by atoms with van der Waals surface area (Å²) in [5.74, 6) is 0.841. The maximum Gasteiger partial charge on any atom is 0.317 e. The number of nitrogens with zero attached hydrogens (tertiary/aromatic N) is 1. The van der Waals surface area contributed by atoms with Gasteiger partial charge in [-0.3, -0.25) is 9.69 Å². The van der Waals surface area contributed by atoms with Gasteiger partial charge in [-0.25, -0.2) is 0 Å². The van der Waals surface area contributed by atoms with Gasteiger partial charge in [-0.2, -0.15) is 0 Å². The van der Waals surface area contributed by atoms with Crippen LogP contribution >= 0.6 is 15.9 Å². The first-order valence-corrected chi connectivity index (χ1v) is 7.51. The second-order valence-corrected chi connectivity index (χ2v) is 6.11. The van der Waals surface area contributed by atoms with Gasteiger partial charge in [0, 0.05) is 17.6 Å². The molecule has 1 aromatic rings. The Hall–Kier alpha value is -1.27. The molecule has 0 unspecified atom stereocenters. The third kappa shape index (κ3) is 5.55. The predicted octanol–water partition coefficient (Wildman–Crippen LogP) is 3.01. The van der Waals surface area contributed by atoms with E-state index in [9.17, 15) is 4.79 Å². The molecule has 21 heavy (non-hydrogen) atoms. The number of carboxylic acids is 1. The van der Waals surface area contributed by atoms with Crippen molar-refractivity contribution in [3.05, 3.63) is 22.2 Å². The van der Waals surface area contributed by atoms with Crippen molar-refractivity contribution in [2.45, 2.75) is 20.4 Å². The van der Waals surface area contributed by atoms with Gasteiger partial charge < -0.3 is 14.6 Å². The highest BCUT2D eigenvalue weighted by molar-refractivity contribution is 9.10. The molecule has 0 aliphatic carbocycles. The molecule has 6 heteroatoms. The number of aliphatic carboxylic acids is 1. The van der Waals surface area contributed by atoms with Gasteiger partial charge in [-0.15, -0.1) is 0 Å². The van der Waals surface area contributed by atoms with Crippen LogP contribution in [0.2, 0.25) is 0 Å². The Morgan fingerprint density at radius 2 is 1.86 bits per heavy atom. The molecule has 1 N–H and O–H groups in total. The number of methoxy groups -OCH3 is 2. The molecule has 1 rings (SSSR count). The molecule has 0 aromatic heterocycles. The molecule has 0 aliphatic heterocycles. The minimum absolute atomic E-state index is 0.0129. The molecule has 0 bridgehead atoms. The summed E-state index contributed by atoms with van der Waals surface area (Å²) in [6, 6.07) is 3.71. The second kappa shape index (κ2) is 8.24. The average Bonchev–Trinajstić information content (AvgIpc) is 2.38. The number of carboxylic acid groups (broad SMARTS) is 1. The lowest BCUT2D eigenvalue weighted by Gasteiger charge is -2.23. The van der Waals surface area contributed by atoms with Crippen molar-refractivity contribution in [1.82, 2.24) is 4.90 Å². The van der Waals surface area contributed by atoms with Crippen molar-refractivity contribution in [1.29, 1.82) is 0 Å². The molecular formula is C15H22BrNO4. The highest BCUT2D eigenvalue weighted by atomic mass is 79.9. The maximum absolute atomic E-state index is 11.0. The van der Waals surface area contributed by atoms with Crippen LogP contribution in [0.3, 0.4) is 0 Å². The lowest BCUT2D eigenvalue weighted by Crippen LogP contribution is -2.32. The third-order valence-electron chi connectivity index (χ3n) is 2.93. The van der Waals surface area contributed by atoms with E-state index < -0.39 is 5.97 Å². The van der Waals surface area contributed by atoms with Crippen molar-refractivity contribution in [3.63, 3.8) is 0 Å². The Labute approximate surface area is 134 Å². The molecule has 0 atom stereocenters. The quantitative estimate of drug-likeness (QED) is 0.772. The summed E-state index contributed by atoms with van der Waals surface area (Å²) in [5, 5.41) is 9.03. The van der Waals surface area contributed by atoms with Crippen molar-refractivity contribution in [3.8, 4) is 11.5 Å². The molecule has 1 aromatic carbocycles. The van der Waals surface area contributed by atoms with Crippen LogP contribution in [0.4, 0.5) is 0 Å². The predicted molar refractivity (Wildman–Crippen MR) is 85.0 cm³/mol. The van der Waals surface area contributed by atoms with Crippen molar-refractivity contribution >= 4 is 21.9 Å². The first-order valence-electron chi connectivity index (χ1n) is 6.71. The monoisotopic (exact) mass is 359 g/mol. The number of ether oxygens (including phenoxy) is 2. The molecular weight excluding hydrogens is 338 g/mol. The molecule has 0 saturated carbocycles. The van der Waals surface area contributed by atoms with Gasteiger partial charge in [0.25, 0.3) is 0 Å². The Bertz CT molecular complexity index is 491. The van der Waals surface area contributed by atoms with Crippen LogP contribution in [-0.4, -0.2) is 43.3 Å². The van der Waals surface area contributed by atoms with E-state index in [2.05, 4.69) is 29.8 Å². The van der Waals surface area contributed by atoms with Gasteiger partial charge in [-0.1, -0.05) is 29.8 Å². The van der Waals surface area contributed by atoms with Crippen LogP contribution in [0.25, 0.3) is 0 Å². The Morgan fingerprint density at radius 3 is 2.33 bits per heavy atom. The van der Waals surface area contributed by atoms with Crippen molar-refractivity contribution in [2.75, 3.05) is 27.3 Å². The summed E-state index contributed by atoms with van der Waals surface area (Å²) in [6.45, 7) is 5.40. The number of carbonyl (C=O) groups is 1. The summed E-state index contributed by atoms with van der Waals surface area (Å²) in [6.07, 6.45) is 0. The Balaban J connectivity index is 2.99. The molecule has 0 amide bonds. The lowest BCUT2D eigenvalue weighted by atomic mass is 10.1. The fourth-order valence-corrected chi connectivity index (χ4v) is 2.60. The van der Waals surface area contributed by atoms with E-state index in [-0.39, 0.29) is 6.54 Å². The summed E-state index contributed by atoms with van der Waals surface area (Å²) in [4.78, 5) is 12.9. The fourth-order valence-electron chi connectivity index (χ4n) is 2.15. The van der Waals surface area contributed by atoms with E-state index in [1.807, 2.05) is 17.0 Å². The summed E-state index contributed by atoms with van der Waals surface area (Å²) in [5.41, 5.74) is 0.967. The summed E-state index contributed by atoms with van der Waals surface area (Å²) in [7, 11) is 3.16. The maximum atomic E-state index is 11.0. The van der Waals surface area contributed by atoms with Crippen molar-refractivity contribution < 1.29 is 19.4 Å². The van der Waals surface area contributed by atoms with E-state index in [1.165, 1.54) is 0 Å². The minimum Gasteiger partial charge on any atom is -0.493 e. The SMILES string of the molecule is COc1cc(Br)c(CN(CC(=O)O)CC(C)C)cc1OC. The molecule has 0 spiro atoms. The molecule has 0 saturated heterocycles. The average molecular weight is 360 g/mol. The molecule has 0 radical (unpaired) electrons. The van der Waals surface area contributed by atoms with Crippen LogP contribution in [0.15, 0.2) is 16.6 Å². The number of hydrogen-bond acceptors (Lipinski definition) is 4. The first-order chi connectivity index (χ1) is 9.87. The van der Waals surface area contributed by atoms with Crippen LogP contribution in [0.5, 0.6) is 11.5 Å². The number of halogens is 1. The number of benzene rings is 1. The third-order valence-corrected chi connectivity index (χ3v) is 3.67. The fraction of sp³-hybridized carbons (Fsp3) is 0.533. The summed E-state index contributed by atoms with van der Waals surface area (Å²) < 4.78 is 11.4. The van der Waals surface area contributed by atoms with Crippen LogP contribution in [0.1, 0.15) is 19.4 Å². The topological polar surface area (TPSA) is 59.0 Å². The largest absolute Gasteiger partial charge is 0.493 e. The molecule has 5 nitrogen and oxygen atoms in total. The van der Waals surface area contributed by atoms with Gasteiger partial charge in [0.1, 0.15) is 0 Å². The van der Waals surface area contributed by atoms with Crippen LogP contribution in [-0.2, 0) is 11.3 Å². The second-order valence-electron chi connectivity index (χ2n) is 5.26. The molecule has 118 valence electrons. The zero-order chi connectivity index (χ0) is 16.0. The molecule has 0 fully saturated rings. The highest BCUT2D eigenvalue weighted by Gasteiger charge is 2.16. The van der Waals surface area contributed by atoms with E-state index >= 15 is 0 Å². The minimum atomic E-state index is -0.827. The van der Waals surface area contributed by atoms with E-state index in [0.717, 1.165) is 10.0 Å². The van der Waals surface area contributed by atoms with Crippen molar-refractivity contribution in [2.24, 2.45) is 5.92 Å². The van der Waals surface area contributed by atoms with Gasteiger partial charge in [0.15, 0.2) is 11.5 Å². The smallest absolute Gasteiger partial charge is 0.317 e. The molecule has 0 aliphatic rings. The summed E-state index contributed by atoms with van der Waals surface area (Å²) >= 11 is 3.50. The Morgan fingerprint density at radius 1 is 1.29 bits per heavy atom. The number of rotatable bonds is 8.